The molecule has 6 heterocycles. The summed E-state index contributed by atoms with van der Waals surface area (Å²) in [6.45, 7) is 7.13. The van der Waals surface area contributed by atoms with Gasteiger partial charge in [-0.3, -0.25) is 0 Å². The van der Waals surface area contributed by atoms with Gasteiger partial charge in [0.25, 0.3) is 0 Å². The van der Waals surface area contributed by atoms with Crippen molar-refractivity contribution < 1.29 is 8.83 Å². The smallest absolute Gasteiger partial charge is 0.164 e. The predicted molar refractivity (Wildman–Crippen MR) is 480 cm³/mol. The summed E-state index contributed by atoms with van der Waals surface area (Å²) in [5, 5.41) is 8.95. The van der Waals surface area contributed by atoms with Gasteiger partial charge in [-0.1, -0.05) is 276 Å². The van der Waals surface area contributed by atoms with Crippen molar-refractivity contribution in [2.45, 2.75) is 38.0 Å². The number of hydrogen-bond donors (Lipinski definition) is 0. The van der Waals surface area contributed by atoms with Crippen molar-refractivity contribution in [1.29, 1.82) is 0 Å². The van der Waals surface area contributed by atoms with Crippen LogP contribution in [0.2, 0.25) is 0 Å². The summed E-state index contributed by atoms with van der Waals surface area (Å²) in [5.41, 5.74) is 30.6. The Balaban J connectivity index is 0.546. The van der Waals surface area contributed by atoms with Crippen molar-refractivity contribution in [2.24, 2.45) is 0 Å². The highest BCUT2D eigenvalue weighted by atomic mass is 16.3. The highest BCUT2D eigenvalue weighted by molar-refractivity contribution is 6.15. The van der Waals surface area contributed by atoms with Gasteiger partial charge >= 0.3 is 0 Å². The average Bonchev–Trinajstić information content (AvgIpc) is 1.55. The van der Waals surface area contributed by atoms with Gasteiger partial charge in [0, 0.05) is 111 Å². The molecule has 2 aliphatic rings. The van der Waals surface area contributed by atoms with Gasteiger partial charge in [0.2, 0.25) is 0 Å². The summed E-state index contributed by atoms with van der Waals surface area (Å²) in [5.74, 6) is 3.49. The zero-order valence-electron chi connectivity index (χ0n) is 64.7. The number of rotatable bonds is 12. The van der Waals surface area contributed by atoms with Gasteiger partial charge < -0.3 is 18.0 Å². The van der Waals surface area contributed by atoms with E-state index in [1.54, 1.807) is 0 Å². The number of nitrogens with zero attached hydrogens (tertiary/aromatic N) is 8. The zero-order valence-corrected chi connectivity index (χ0v) is 64.7. The Morgan fingerprint density at radius 3 is 1.18 bits per heavy atom. The molecular weight excluding hydrogens is 1440 g/mol. The molecule has 554 valence electrons. The molecule has 16 aromatic carbocycles. The normalized spacial score (nSPS) is 14.0. The summed E-state index contributed by atoms with van der Waals surface area (Å²) >= 11 is 0. The van der Waals surface area contributed by atoms with Gasteiger partial charge in [-0.05, 0) is 170 Å². The van der Waals surface area contributed by atoms with Gasteiger partial charge in [-0.2, -0.15) is 0 Å². The molecule has 0 saturated carbocycles. The summed E-state index contributed by atoms with van der Waals surface area (Å²) in [6.07, 6.45) is 0.774. The van der Waals surface area contributed by atoms with Crippen LogP contribution < -0.4 is 0 Å². The van der Waals surface area contributed by atoms with Crippen LogP contribution in [0.3, 0.4) is 0 Å². The van der Waals surface area contributed by atoms with Crippen LogP contribution in [0.5, 0.6) is 0 Å². The largest absolute Gasteiger partial charge is 0.456 e. The third-order valence-electron chi connectivity index (χ3n) is 25.1. The van der Waals surface area contributed by atoms with Crippen LogP contribution in [0.4, 0.5) is 0 Å². The number of hydrogen-bond acceptors (Lipinski definition) is 8. The van der Waals surface area contributed by atoms with E-state index in [4.69, 9.17) is 38.7 Å². The predicted octanol–water partition coefficient (Wildman–Crippen LogP) is 27.2. The number of benzene rings is 16. The number of furan rings is 2. The van der Waals surface area contributed by atoms with Crippen LogP contribution >= 0.6 is 0 Å². The minimum Gasteiger partial charge on any atom is -0.456 e. The van der Waals surface area contributed by atoms with Crippen molar-refractivity contribution in [3.05, 3.63) is 386 Å². The lowest BCUT2D eigenvalue weighted by molar-refractivity contribution is 0.583. The van der Waals surface area contributed by atoms with Crippen molar-refractivity contribution in [3.63, 3.8) is 0 Å². The molecule has 22 aromatic rings. The van der Waals surface area contributed by atoms with E-state index >= 15 is 0 Å². The monoisotopic (exact) mass is 1510 g/mol. The van der Waals surface area contributed by atoms with E-state index < -0.39 is 0 Å². The van der Waals surface area contributed by atoms with Crippen LogP contribution in [0, 0.1) is 0 Å². The summed E-state index contributed by atoms with van der Waals surface area (Å²) in [4.78, 5) is 31.0. The molecule has 10 heteroatoms. The fourth-order valence-corrected chi connectivity index (χ4v) is 19.3. The number of fused-ring (bicyclic) bond motifs is 18. The topological polar surface area (TPSA) is 113 Å². The van der Waals surface area contributed by atoms with Crippen molar-refractivity contribution >= 4 is 87.5 Å². The molecule has 0 radical (unpaired) electrons. The van der Waals surface area contributed by atoms with Gasteiger partial charge in [-0.15, -0.1) is 0 Å². The fraction of sp³-hybridized carbons (Fsp3) is 0.0556. The van der Waals surface area contributed by atoms with E-state index in [9.17, 15) is 0 Å². The van der Waals surface area contributed by atoms with E-state index in [0.29, 0.717) is 34.9 Å². The fourth-order valence-electron chi connectivity index (χ4n) is 19.3. The van der Waals surface area contributed by atoms with E-state index in [1.165, 1.54) is 77.1 Å². The molecule has 0 bridgehead atoms. The summed E-state index contributed by atoms with van der Waals surface area (Å²) < 4.78 is 18.7. The second-order valence-corrected chi connectivity index (χ2v) is 32.3. The van der Waals surface area contributed by atoms with Crippen LogP contribution in [-0.4, -0.2) is 39.0 Å². The van der Waals surface area contributed by atoms with Gasteiger partial charge in [-0.25, -0.2) is 29.9 Å². The van der Waals surface area contributed by atoms with E-state index in [0.717, 1.165) is 134 Å². The maximum absolute atomic E-state index is 6.93. The molecule has 2 aliphatic carbocycles. The Morgan fingerprint density at radius 1 is 0.229 bits per heavy atom. The molecule has 1 atom stereocenters. The Hall–Kier alpha value is -15.3. The van der Waals surface area contributed by atoms with E-state index in [2.05, 4.69) is 333 Å². The van der Waals surface area contributed by atoms with Crippen molar-refractivity contribution in [1.82, 2.24) is 39.0 Å². The van der Waals surface area contributed by atoms with Crippen LogP contribution in [-0.2, 0) is 17.3 Å². The molecule has 0 fully saturated rings. The van der Waals surface area contributed by atoms with Crippen LogP contribution in [0.1, 0.15) is 48.6 Å². The third kappa shape index (κ3) is 10.6. The average molecular weight is 1510 g/mol. The molecule has 24 rings (SSSR count). The molecule has 0 N–H and O–H groups in total. The lowest BCUT2D eigenvalue weighted by Crippen LogP contribution is -2.24. The Kier molecular flexibility index (Phi) is 14.8. The van der Waals surface area contributed by atoms with Crippen molar-refractivity contribution in [2.75, 3.05) is 0 Å². The summed E-state index contributed by atoms with van der Waals surface area (Å²) in [6, 6.07) is 128. The molecule has 10 nitrogen and oxygen atoms in total. The van der Waals surface area contributed by atoms with E-state index in [1.807, 2.05) is 54.6 Å². The quantitative estimate of drug-likeness (QED) is 0.119. The second-order valence-electron chi connectivity index (χ2n) is 32.3. The minimum atomic E-state index is -0.376. The van der Waals surface area contributed by atoms with Gasteiger partial charge in [0.05, 0.1) is 22.1 Å². The highest BCUT2D eigenvalue weighted by Gasteiger charge is 2.41. The maximum Gasteiger partial charge on any atom is 0.164 e. The standard InChI is InChI=1S/C108H70N8O2/c1-107(2)89-37-17-13-33-77(89)85-59-87-79-35-15-19-39-93(79)116(96(87)62-91(85)107)76-48-52-84-82-50-46-74(56-98(82)118-100(84)58-76)106-112-102(68-28-11-6-12-29-68)110-104(114-106)72-32-22-31-71(54-72)70-30-21-23-64(53-70)63-108(3)90-38-18-14-34-78(90)86-61-95-88(60-92(86)108)80-36-16-20-40-94(80)115(95)75-47-51-83-81-49-45-73(55-97(81)117-99(83)57-75)105-111-101(67-26-9-5-10-27-67)109-103(113-105)69-43-41-66(42-44-69)65-24-7-4-8-25-65/h4-62H,63H2,1-3H3. The molecular formula is C108H70N8O2. The third-order valence-corrected chi connectivity index (χ3v) is 25.1. The van der Waals surface area contributed by atoms with Gasteiger partial charge in [0.15, 0.2) is 34.9 Å². The second kappa shape index (κ2) is 25.9. The lowest BCUT2D eigenvalue weighted by atomic mass is 9.75. The molecule has 0 amide bonds. The van der Waals surface area contributed by atoms with Crippen LogP contribution in [0.15, 0.2) is 367 Å². The first-order valence-electron chi connectivity index (χ1n) is 40.3. The van der Waals surface area contributed by atoms with E-state index in [-0.39, 0.29) is 10.8 Å². The first-order valence-corrected chi connectivity index (χ1v) is 40.3. The van der Waals surface area contributed by atoms with Crippen LogP contribution in [0.25, 0.3) is 212 Å². The highest BCUT2D eigenvalue weighted by Crippen LogP contribution is 2.55. The molecule has 0 aliphatic heterocycles. The zero-order chi connectivity index (χ0) is 78.1. The Labute approximate surface area is 679 Å². The summed E-state index contributed by atoms with van der Waals surface area (Å²) in [7, 11) is 0. The lowest BCUT2D eigenvalue weighted by Gasteiger charge is -2.28. The molecule has 6 aromatic heterocycles. The minimum absolute atomic E-state index is 0.140. The Bertz CT molecular complexity index is 7950. The van der Waals surface area contributed by atoms with Gasteiger partial charge in [0.1, 0.15) is 22.3 Å². The molecule has 0 spiro atoms. The maximum atomic E-state index is 6.93. The molecule has 118 heavy (non-hydrogen) atoms. The van der Waals surface area contributed by atoms with Crippen molar-refractivity contribution in [3.8, 4) is 124 Å². The Morgan fingerprint density at radius 2 is 0.610 bits per heavy atom. The first-order chi connectivity index (χ1) is 58.0. The molecule has 0 saturated heterocycles. The first kappa shape index (κ1) is 67.3. The number of para-hydroxylation sites is 2. The SMILES string of the molecule is CC1(C)c2ccccc2-c2cc3c4ccccc4n(-c4ccc5c(c4)oc4cc(-c6nc(-c7ccccc7)nc(-c7cccc(-c8cccc(CC9(C)c%10ccccc%10-c%10cc%11c(cc%109)c9ccccc9n%11-c9ccc%10c(c9)oc9cc(-c%11nc(-c%12ccccc%12)nc(-c%12ccc(-c%13ccccc%13)cc%12)n%11)ccc9%10)c8)c7)n6)ccc45)c3cc21. The molecule has 1 unspecified atom stereocenters. The number of aromatic nitrogens is 8.